The van der Waals surface area contributed by atoms with E-state index in [1.807, 2.05) is 42.5 Å². The third-order valence-electron chi connectivity index (χ3n) is 6.48. The maximum atomic E-state index is 12.5. The lowest BCUT2D eigenvalue weighted by atomic mass is 9.85. The summed E-state index contributed by atoms with van der Waals surface area (Å²) in [5.74, 6) is -3.47. The molecule has 4 atom stereocenters. The third-order valence-corrected chi connectivity index (χ3v) is 6.48. The van der Waals surface area contributed by atoms with Crippen LogP contribution in [0.3, 0.4) is 0 Å². The van der Waals surface area contributed by atoms with Crippen molar-refractivity contribution in [2.45, 2.75) is 25.8 Å². The number of esters is 1. The van der Waals surface area contributed by atoms with Gasteiger partial charge in [-0.2, -0.15) is 0 Å². The van der Waals surface area contributed by atoms with Crippen LogP contribution in [0.5, 0.6) is 0 Å². The average Bonchev–Trinajstić information content (AvgIpc) is 3.56. The Morgan fingerprint density at radius 3 is 2.19 bits per heavy atom. The normalized spacial score (nSPS) is 23.5. The van der Waals surface area contributed by atoms with Gasteiger partial charge in [-0.05, 0) is 23.8 Å². The number of alkyl carbamates (subject to hydrolysis) is 1. The lowest BCUT2D eigenvalue weighted by Gasteiger charge is -2.15. The van der Waals surface area contributed by atoms with Gasteiger partial charge in [0, 0.05) is 19.6 Å². The molecule has 1 aromatic rings. The SMILES string of the molecule is O=C(CCC(=O)ON1C(=O)C2C3C=CC(C3)C2C1=O)OCCOC(=O)NCCNCc1ccccc1. The zero-order valence-electron chi connectivity index (χ0n) is 19.7. The molecule has 11 nitrogen and oxygen atoms in total. The maximum absolute atomic E-state index is 12.5. The Kier molecular flexibility index (Phi) is 8.32. The van der Waals surface area contributed by atoms with Crippen LogP contribution in [-0.2, 0) is 40.0 Å². The van der Waals surface area contributed by atoms with Crippen molar-refractivity contribution in [3.8, 4) is 0 Å². The van der Waals surface area contributed by atoms with Crippen LogP contribution in [0.1, 0.15) is 24.8 Å². The van der Waals surface area contributed by atoms with Crippen molar-refractivity contribution in [1.82, 2.24) is 15.7 Å². The van der Waals surface area contributed by atoms with Crippen molar-refractivity contribution < 1.29 is 38.3 Å². The van der Waals surface area contributed by atoms with E-state index in [2.05, 4.69) is 10.6 Å². The van der Waals surface area contributed by atoms with Gasteiger partial charge in [0.2, 0.25) is 0 Å². The lowest BCUT2D eigenvalue weighted by molar-refractivity contribution is -0.199. The predicted octanol–water partition coefficient (Wildman–Crippen LogP) is 1.09. The fourth-order valence-corrected chi connectivity index (χ4v) is 4.81. The number of fused-ring (bicyclic) bond motifs is 5. The van der Waals surface area contributed by atoms with Crippen LogP contribution in [0, 0.1) is 23.7 Å². The molecule has 0 aromatic heterocycles. The molecule has 11 heteroatoms. The molecule has 1 saturated carbocycles. The Labute approximate surface area is 208 Å². The van der Waals surface area contributed by atoms with Crippen molar-refractivity contribution >= 4 is 29.8 Å². The van der Waals surface area contributed by atoms with Crippen LogP contribution in [-0.4, -0.2) is 61.2 Å². The first kappa shape index (κ1) is 25.4. The summed E-state index contributed by atoms with van der Waals surface area (Å²) < 4.78 is 9.84. The summed E-state index contributed by atoms with van der Waals surface area (Å²) in [6.45, 7) is 1.30. The van der Waals surface area contributed by atoms with Gasteiger partial charge in [0.25, 0.3) is 11.8 Å². The van der Waals surface area contributed by atoms with Crippen LogP contribution in [0.15, 0.2) is 42.5 Å². The quantitative estimate of drug-likeness (QED) is 0.187. The number of imide groups is 1. The largest absolute Gasteiger partial charge is 0.462 e. The fraction of sp³-hybridized carbons (Fsp3) is 0.480. The Balaban J connectivity index is 1.02. The second kappa shape index (κ2) is 11.8. The van der Waals surface area contributed by atoms with E-state index < -0.39 is 41.7 Å². The number of hydroxylamine groups is 2. The molecule has 0 radical (unpaired) electrons. The van der Waals surface area contributed by atoms with E-state index in [1.165, 1.54) is 0 Å². The molecule has 3 aliphatic rings. The first-order chi connectivity index (χ1) is 17.4. The van der Waals surface area contributed by atoms with Crippen molar-refractivity contribution in [2.75, 3.05) is 26.3 Å². The number of hydrogen-bond donors (Lipinski definition) is 2. The molecule has 192 valence electrons. The molecule has 36 heavy (non-hydrogen) atoms. The molecule has 1 aliphatic heterocycles. The highest BCUT2D eigenvalue weighted by Crippen LogP contribution is 2.52. The molecule has 2 aliphatic carbocycles. The summed E-state index contributed by atoms with van der Waals surface area (Å²) in [6, 6.07) is 9.85. The van der Waals surface area contributed by atoms with E-state index in [9.17, 15) is 24.0 Å². The highest BCUT2D eigenvalue weighted by atomic mass is 16.7. The number of carbonyl (C=O) groups excluding carboxylic acids is 5. The van der Waals surface area contributed by atoms with Gasteiger partial charge in [-0.1, -0.05) is 42.5 Å². The van der Waals surface area contributed by atoms with Gasteiger partial charge in [0.05, 0.1) is 24.7 Å². The molecule has 4 unspecified atom stereocenters. The minimum absolute atomic E-state index is 0.00994. The smallest absolute Gasteiger partial charge is 0.407 e. The summed E-state index contributed by atoms with van der Waals surface area (Å²) >= 11 is 0. The Morgan fingerprint density at radius 1 is 0.861 bits per heavy atom. The third kappa shape index (κ3) is 6.09. The topological polar surface area (TPSA) is 140 Å². The highest BCUT2D eigenvalue weighted by molar-refractivity contribution is 6.06. The summed E-state index contributed by atoms with van der Waals surface area (Å²) in [7, 11) is 0. The minimum Gasteiger partial charge on any atom is -0.462 e. The number of carbonyl (C=O) groups is 5. The number of amides is 3. The minimum atomic E-state index is -0.870. The number of nitrogens with zero attached hydrogens (tertiary/aromatic N) is 1. The summed E-state index contributed by atoms with van der Waals surface area (Å²) in [5, 5.41) is 6.31. The first-order valence-corrected chi connectivity index (χ1v) is 12.0. The molecule has 0 spiro atoms. The number of rotatable bonds is 12. The van der Waals surface area contributed by atoms with E-state index >= 15 is 0 Å². The number of allylic oxidation sites excluding steroid dienone is 2. The van der Waals surface area contributed by atoms with Gasteiger partial charge in [-0.15, -0.1) is 5.06 Å². The zero-order chi connectivity index (χ0) is 25.5. The summed E-state index contributed by atoms with van der Waals surface area (Å²) in [4.78, 5) is 65.5. The number of ether oxygens (including phenoxy) is 2. The van der Waals surface area contributed by atoms with Crippen LogP contribution in [0.2, 0.25) is 0 Å². The highest BCUT2D eigenvalue weighted by Gasteiger charge is 2.60. The monoisotopic (exact) mass is 499 g/mol. The predicted molar refractivity (Wildman–Crippen MR) is 123 cm³/mol. The summed E-state index contributed by atoms with van der Waals surface area (Å²) in [6.07, 6.45) is 3.37. The lowest BCUT2D eigenvalue weighted by Crippen LogP contribution is -2.35. The van der Waals surface area contributed by atoms with E-state index in [-0.39, 0.29) is 37.9 Å². The van der Waals surface area contributed by atoms with Crippen molar-refractivity contribution in [2.24, 2.45) is 23.7 Å². The molecule has 3 amide bonds. The summed E-state index contributed by atoms with van der Waals surface area (Å²) in [5.41, 5.74) is 1.14. The second-order valence-electron chi connectivity index (χ2n) is 8.88. The van der Waals surface area contributed by atoms with Crippen molar-refractivity contribution in [1.29, 1.82) is 0 Å². The van der Waals surface area contributed by atoms with Crippen molar-refractivity contribution in [3.05, 3.63) is 48.0 Å². The molecule has 2 N–H and O–H groups in total. The number of hydrogen-bond acceptors (Lipinski definition) is 9. The number of benzene rings is 1. The van der Waals surface area contributed by atoms with Gasteiger partial charge < -0.3 is 24.9 Å². The molecule has 2 fully saturated rings. The Bertz CT molecular complexity index is 997. The average molecular weight is 500 g/mol. The molecule has 4 rings (SSSR count). The van der Waals surface area contributed by atoms with E-state index in [0.717, 1.165) is 12.0 Å². The maximum Gasteiger partial charge on any atom is 0.407 e. The van der Waals surface area contributed by atoms with Crippen LogP contribution in [0.4, 0.5) is 4.79 Å². The molecule has 1 aromatic carbocycles. The molecular weight excluding hydrogens is 470 g/mol. The van der Waals surface area contributed by atoms with Crippen LogP contribution >= 0.6 is 0 Å². The molecular formula is C25H29N3O8. The van der Waals surface area contributed by atoms with Gasteiger partial charge in [0.1, 0.15) is 13.2 Å². The molecule has 1 heterocycles. The van der Waals surface area contributed by atoms with E-state index in [0.29, 0.717) is 24.7 Å². The second-order valence-corrected chi connectivity index (χ2v) is 8.88. The van der Waals surface area contributed by atoms with Gasteiger partial charge in [0.15, 0.2) is 0 Å². The van der Waals surface area contributed by atoms with Crippen molar-refractivity contribution in [3.63, 3.8) is 0 Å². The van der Waals surface area contributed by atoms with Crippen LogP contribution in [0.25, 0.3) is 0 Å². The molecule has 1 saturated heterocycles. The van der Waals surface area contributed by atoms with E-state index in [4.69, 9.17) is 14.3 Å². The Morgan fingerprint density at radius 2 is 1.50 bits per heavy atom. The molecule has 2 bridgehead atoms. The van der Waals surface area contributed by atoms with Crippen LogP contribution < -0.4 is 10.6 Å². The van der Waals surface area contributed by atoms with Gasteiger partial charge in [-0.25, -0.2) is 9.59 Å². The standard InChI is InChI=1S/C25H29N3O8/c29-19(34-12-13-35-25(33)27-11-10-26-15-16-4-2-1-3-5-16)8-9-20(30)36-28-23(31)21-17-6-7-18(14-17)22(21)24(28)32/h1-7,17-18,21-22,26H,8-15H2,(H,27,33). The fourth-order valence-electron chi connectivity index (χ4n) is 4.81. The van der Waals surface area contributed by atoms with Gasteiger partial charge >= 0.3 is 18.0 Å². The Hall–Kier alpha value is -3.73. The van der Waals surface area contributed by atoms with Gasteiger partial charge in [-0.3, -0.25) is 14.4 Å². The van der Waals surface area contributed by atoms with E-state index in [1.54, 1.807) is 0 Å². The zero-order valence-corrected chi connectivity index (χ0v) is 19.7. The number of nitrogens with one attached hydrogen (secondary N) is 2. The first-order valence-electron chi connectivity index (χ1n) is 12.0.